The maximum absolute atomic E-state index is 2.42. The number of rotatable bonds is 9. The van der Waals surface area contributed by atoms with Crippen LogP contribution in [0, 0.1) is 0 Å². The highest BCUT2D eigenvalue weighted by Gasteiger charge is 2.46. The highest BCUT2D eigenvalue weighted by Crippen LogP contribution is 2.57. The van der Waals surface area contributed by atoms with Crippen LogP contribution in [0.1, 0.15) is 22.3 Å². The topological polar surface area (TPSA) is 3.24 Å². The number of anilines is 3. The van der Waals surface area contributed by atoms with E-state index in [9.17, 15) is 0 Å². The molecule has 0 radical (unpaired) electrons. The molecule has 1 aliphatic carbocycles. The Morgan fingerprint density at radius 3 is 1.21 bits per heavy atom. The van der Waals surface area contributed by atoms with Crippen molar-refractivity contribution in [1.29, 1.82) is 0 Å². The van der Waals surface area contributed by atoms with Crippen LogP contribution < -0.4 is 4.90 Å². The fraction of sp³-hybridized carbons (Fsp3) is 0.0145. The maximum atomic E-state index is 2.42. The molecule has 0 atom stereocenters. The van der Waals surface area contributed by atoms with E-state index in [-0.39, 0.29) is 0 Å². The molecule has 0 amide bonds. The highest BCUT2D eigenvalue weighted by atomic mass is 15.1. The van der Waals surface area contributed by atoms with E-state index in [1.54, 1.807) is 0 Å². The predicted octanol–water partition coefficient (Wildman–Crippen LogP) is 18.5. The fourth-order valence-electron chi connectivity index (χ4n) is 11.4. The van der Waals surface area contributed by atoms with Crippen molar-refractivity contribution < 1.29 is 0 Å². The molecule has 0 saturated carbocycles. The van der Waals surface area contributed by atoms with Gasteiger partial charge in [-0.25, -0.2) is 0 Å². The van der Waals surface area contributed by atoms with E-state index >= 15 is 0 Å². The van der Waals surface area contributed by atoms with Crippen molar-refractivity contribution in [2.75, 3.05) is 4.90 Å². The Bertz CT molecular complexity index is 3790. The van der Waals surface area contributed by atoms with Crippen LogP contribution in [-0.2, 0) is 5.41 Å². The largest absolute Gasteiger partial charge is 0.310 e. The molecule has 0 spiro atoms. The molecule has 0 saturated heterocycles. The minimum atomic E-state index is -0.467. The van der Waals surface area contributed by atoms with E-state index in [4.69, 9.17) is 0 Å². The summed E-state index contributed by atoms with van der Waals surface area (Å²) in [5.74, 6) is 0. The summed E-state index contributed by atoms with van der Waals surface area (Å²) >= 11 is 0. The Kier molecular flexibility index (Phi) is 10.1. The molecule has 12 aromatic carbocycles. The average Bonchev–Trinajstić information content (AvgIpc) is 3.74. The normalized spacial score (nSPS) is 12.4. The number of benzene rings is 12. The molecule has 0 aromatic heterocycles. The zero-order chi connectivity index (χ0) is 46.4. The summed E-state index contributed by atoms with van der Waals surface area (Å²) in [4.78, 5) is 2.42. The lowest BCUT2D eigenvalue weighted by Gasteiger charge is -2.34. The predicted molar refractivity (Wildman–Crippen MR) is 295 cm³/mol. The first-order valence-corrected chi connectivity index (χ1v) is 24.2. The SMILES string of the molecule is c1ccc(-c2ccc(N(c3ccc(-c4ccc5c(c4)c(-c4ccccc4)c(-c4ccccc4)c4ccccc45)cc3)c3ccc4c(c3)-c3ccccc3C4(c3ccccc3)c3ccccc3)cc2)cc1. The second-order valence-corrected chi connectivity index (χ2v) is 18.3. The Morgan fingerprint density at radius 1 is 0.229 bits per heavy atom. The third kappa shape index (κ3) is 6.78. The van der Waals surface area contributed by atoms with Crippen LogP contribution in [0.3, 0.4) is 0 Å². The summed E-state index contributed by atoms with van der Waals surface area (Å²) in [7, 11) is 0. The van der Waals surface area contributed by atoms with Gasteiger partial charge in [0.05, 0.1) is 5.41 Å². The van der Waals surface area contributed by atoms with Crippen molar-refractivity contribution in [3.8, 4) is 55.6 Å². The molecule has 0 bridgehead atoms. The second kappa shape index (κ2) is 17.2. The molecular weight excluding hydrogens is 843 g/mol. The molecule has 0 heterocycles. The van der Waals surface area contributed by atoms with E-state index in [1.165, 1.54) is 93.9 Å². The van der Waals surface area contributed by atoms with Crippen LogP contribution in [0.5, 0.6) is 0 Å². The van der Waals surface area contributed by atoms with Gasteiger partial charge in [-0.3, -0.25) is 0 Å². The Labute approximate surface area is 409 Å². The van der Waals surface area contributed by atoms with Gasteiger partial charge in [-0.05, 0) is 142 Å². The van der Waals surface area contributed by atoms with Crippen LogP contribution in [-0.4, -0.2) is 0 Å². The van der Waals surface area contributed by atoms with Gasteiger partial charge in [0.25, 0.3) is 0 Å². The van der Waals surface area contributed by atoms with E-state index in [2.05, 4.69) is 290 Å². The van der Waals surface area contributed by atoms with E-state index in [0.29, 0.717) is 0 Å². The zero-order valence-electron chi connectivity index (χ0n) is 38.6. The minimum Gasteiger partial charge on any atom is -0.310 e. The molecule has 0 aliphatic heterocycles. The first-order chi connectivity index (χ1) is 34.7. The molecule has 70 heavy (non-hydrogen) atoms. The number of fused-ring (bicyclic) bond motifs is 6. The lowest BCUT2D eigenvalue weighted by Crippen LogP contribution is -2.28. The number of hydrogen-bond acceptors (Lipinski definition) is 1. The summed E-state index contributed by atoms with van der Waals surface area (Å²) in [6.07, 6.45) is 0. The monoisotopic (exact) mass is 889 g/mol. The number of hydrogen-bond donors (Lipinski definition) is 0. The third-order valence-corrected chi connectivity index (χ3v) is 14.5. The van der Waals surface area contributed by atoms with Gasteiger partial charge in [0.2, 0.25) is 0 Å². The summed E-state index contributed by atoms with van der Waals surface area (Å²) in [5, 5.41) is 5.01. The van der Waals surface area contributed by atoms with Gasteiger partial charge in [-0.2, -0.15) is 0 Å². The molecule has 0 fully saturated rings. The minimum absolute atomic E-state index is 0.467. The summed E-state index contributed by atoms with van der Waals surface area (Å²) in [5.41, 5.74) is 20.1. The Balaban J connectivity index is 0.973. The average molecular weight is 890 g/mol. The van der Waals surface area contributed by atoms with Crippen molar-refractivity contribution in [3.63, 3.8) is 0 Å². The second-order valence-electron chi connectivity index (χ2n) is 18.3. The molecular formula is C69H47N. The van der Waals surface area contributed by atoms with Crippen LogP contribution >= 0.6 is 0 Å². The van der Waals surface area contributed by atoms with Gasteiger partial charge < -0.3 is 4.90 Å². The van der Waals surface area contributed by atoms with Gasteiger partial charge in [0.15, 0.2) is 0 Å². The molecule has 0 unspecified atom stereocenters. The lowest BCUT2D eigenvalue weighted by molar-refractivity contribution is 0.768. The first-order valence-electron chi connectivity index (χ1n) is 24.2. The standard InChI is InChI=1S/C69H47N/c1-6-20-48(21-7-1)49-34-39-56(40-35-49)70(58-43-45-66-63(47-58)61-31-18-19-33-65(61)69(66,54-26-12-4-13-27-54)55-28-14-5-15-29-55)57-41-36-50(37-42-57)53-38-44-60-59-30-16-17-32-62(59)67(51-22-8-2-9-23-51)68(64(60)46-53)52-24-10-3-11-25-52/h1-47H. The van der Waals surface area contributed by atoms with Crippen molar-refractivity contribution in [3.05, 3.63) is 307 Å². The van der Waals surface area contributed by atoms with E-state index in [1.807, 2.05) is 0 Å². The molecule has 1 heteroatoms. The van der Waals surface area contributed by atoms with Gasteiger partial charge in [0.1, 0.15) is 0 Å². The van der Waals surface area contributed by atoms with Crippen molar-refractivity contribution >= 4 is 38.6 Å². The van der Waals surface area contributed by atoms with Crippen molar-refractivity contribution in [1.82, 2.24) is 0 Å². The summed E-state index contributed by atoms with van der Waals surface area (Å²) < 4.78 is 0. The third-order valence-electron chi connectivity index (χ3n) is 14.5. The van der Waals surface area contributed by atoms with E-state index < -0.39 is 5.41 Å². The van der Waals surface area contributed by atoms with Crippen LogP contribution in [0.15, 0.2) is 285 Å². The van der Waals surface area contributed by atoms with Crippen molar-refractivity contribution in [2.45, 2.75) is 5.41 Å². The molecule has 1 aliphatic rings. The van der Waals surface area contributed by atoms with Crippen LogP contribution in [0.4, 0.5) is 17.1 Å². The van der Waals surface area contributed by atoms with Crippen molar-refractivity contribution in [2.24, 2.45) is 0 Å². The first kappa shape index (κ1) is 41.2. The van der Waals surface area contributed by atoms with E-state index in [0.717, 1.165) is 22.6 Å². The Hall–Kier alpha value is -9.04. The molecule has 328 valence electrons. The molecule has 13 rings (SSSR count). The molecule has 1 nitrogen and oxygen atoms in total. The van der Waals surface area contributed by atoms with Gasteiger partial charge in [0, 0.05) is 17.1 Å². The molecule has 0 N–H and O–H groups in total. The smallest absolute Gasteiger partial charge is 0.0713 e. The number of nitrogens with zero attached hydrogens (tertiary/aromatic N) is 1. The Morgan fingerprint density at radius 2 is 0.629 bits per heavy atom. The summed E-state index contributed by atoms with van der Waals surface area (Å²) in [6, 6.07) is 105. The quantitative estimate of drug-likeness (QED) is 0.131. The zero-order valence-corrected chi connectivity index (χ0v) is 38.6. The van der Waals surface area contributed by atoms with Gasteiger partial charge in [-0.15, -0.1) is 0 Å². The van der Waals surface area contributed by atoms with Crippen LogP contribution in [0.25, 0.3) is 77.2 Å². The van der Waals surface area contributed by atoms with Crippen LogP contribution in [0.2, 0.25) is 0 Å². The van der Waals surface area contributed by atoms with Gasteiger partial charge >= 0.3 is 0 Å². The summed E-state index contributed by atoms with van der Waals surface area (Å²) in [6.45, 7) is 0. The lowest BCUT2D eigenvalue weighted by atomic mass is 9.68. The fourth-order valence-corrected chi connectivity index (χ4v) is 11.4. The molecule has 12 aromatic rings. The maximum Gasteiger partial charge on any atom is 0.0713 e. The highest BCUT2D eigenvalue weighted by molar-refractivity contribution is 6.22. The van der Waals surface area contributed by atoms with Gasteiger partial charge in [-0.1, -0.05) is 243 Å².